The maximum absolute atomic E-state index is 13.5. The monoisotopic (exact) mass is 421 g/mol. The molecule has 0 fully saturated rings. The number of carbonyl (C=O) groups is 2. The first-order chi connectivity index (χ1) is 14.5. The highest BCUT2D eigenvalue weighted by Crippen LogP contribution is 2.54. The molecular weight excluding hydrogens is 386 g/mol. The van der Waals surface area contributed by atoms with Gasteiger partial charge in [0.2, 0.25) is 0 Å². The molecule has 3 aliphatic rings. The number of para-hydroxylation sites is 1. The first kappa shape index (κ1) is 21.9. The zero-order chi connectivity index (χ0) is 22.6. The van der Waals surface area contributed by atoms with E-state index in [0.717, 1.165) is 53.1 Å². The van der Waals surface area contributed by atoms with Crippen molar-refractivity contribution in [1.29, 1.82) is 0 Å². The molecule has 0 bridgehead atoms. The second-order valence-corrected chi connectivity index (χ2v) is 11.0. The Hall–Kier alpha value is -2.36. The highest BCUT2D eigenvalue weighted by Gasteiger charge is 2.48. The molecule has 0 amide bonds. The van der Waals surface area contributed by atoms with Crippen LogP contribution in [0.5, 0.6) is 5.75 Å². The van der Waals surface area contributed by atoms with Crippen molar-refractivity contribution in [3.05, 3.63) is 52.4 Å². The molecule has 0 spiro atoms. The number of rotatable bonds is 4. The molecule has 0 saturated heterocycles. The third-order valence-corrected chi connectivity index (χ3v) is 6.87. The summed E-state index contributed by atoms with van der Waals surface area (Å²) in [5, 5.41) is 0. The van der Waals surface area contributed by atoms with E-state index >= 15 is 0 Å². The summed E-state index contributed by atoms with van der Waals surface area (Å²) in [6.07, 6.45) is 3.60. The van der Waals surface area contributed by atoms with Crippen molar-refractivity contribution in [3.8, 4) is 5.75 Å². The van der Waals surface area contributed by atoms with Gasteiger partial charge in [0.25, 0.3) is 0 Å². The Bertz CT molecular complexity index is 941. The molecule has 4 nitrogen and oxygen atoms in total. The topological polar surface area (TPSA) is 46.6 Å². The average molecular weight is 422 g/mol. The summed E-state index contributed by atoms with van der Waals surface area (Å²) < 4.78 is 6.10. The number of ketones is 2. The van der Waals surface area contributed by atoms with E-state index in [4.69, 9.17) is 4.74 Å². The van der Waals surface area contributed by atoms with Gasteiger partial charge >= 0.3 is 0 Å². The number of ether oxygens (including phenoxy) is 1. The molecule has 4 heteroatoms. The third kappa shape index (κ3) is 3.86. The second-order valence-electron chi connectivity index (χ2n) is 11.0. The largest absolute Gasteiger partial charge is 0.493 e. The first-order valence-corrected chi connectivity index (χ1v) is 11.5. The zero-order valence-electron chi connectivity index (χ0n) is 19.8. The molecule has 4 rings (SSSR count). The van der Waals surface area contributed by atoms with Gasteiger partial charge in [-0.1, -0.05) is 52.8 Å². The maximum Gasteiger partial charge on any atom is 0.162 e. The minimum atomic E-state index is -0.332. The van der Waals surface area contributed by atoms with Gasteiger partial charge in [-0.25, -0.2) is 0 Å². The van der Waals surface area contributed by atoms with E-state index in [1.807, 2.05) is 31.3 Å². The van der Waals surface area contributed by atoms with E-state index < -0.39 is 0 Å². The lowest BCUT2D eigenvalue weighted by Crippen LogP contribution is -2.43. The van der Waals surface area contributed by atoms with Crippen LogP contribution in [-0.2, 0) is 9.59 Å². The van der Waals surface area contributed by atoms with Crippen LogP contribution in [0.1, 0.15) is 78.2 Å². The van der Waals surface area contributed by atoms with Gasteiger partial charge < -0.3 is 9.64 Å². The van der Waals surface area contributed by atoms with Crippen LogP contribution in [0.3, 0.4) is 0 Å². The van der Waals surface area contributed by atoms with Gasteiger partial charge in [0.1, 0.15) is 5.75 Å². The Labute approximate surface area is 186 Å². The summed E-state index contributed by atoms with van der Waals surface area (Å²) in [5.74, 6) is 0.782. The molecule has 0 radical (unpaired) electrons. The lowest BCUT2D eigenvalue weighted by Gasteiger charge is -2.48. The molecule has 1 aromatic rings. The molecule has 0 saturated carbocycles. The molecule has 0 atom stereocenters. The van der Waals surface area contributed by atoms with Crippen LogP contribution in [-0.4, -0.2) is 30.1 Å². The smallest absolute Gasteiger partial charge is 0.162 e. The molecule has 31 heavy (non-hydrogen) atoms. The molecule has 1 aliphatic heterocycles. The van der Waals surface area contributed by atoms with Crippen LogP contribution < -0.4 is 4.74 Å². The van der Waals surface area contributed by atoms with Crippen LogP contribution in [0.25, 0.3) is 0 Å². The standard InChI is InChI=1S/C27H35NO3/c1-7-12-31-22-11-9-8-10-17(22)23-24-18(13-26(2,3)15-20(24)29)28(6)19-14-27(4,5)16-21(30)25(19)23/h8-11,23H,7,12-16H2,1-6H3. The highest BCUT2D eigenvalue weighted by molar-refractivity contribution is 6.07. The zero-order valence-corrected chi connectivity index (χ0v) is 19.8. The van der Waals surface area contributed by atoms with Crippen molar-refractivity contribution >= 4 is 11.6 Å². The fourth-order valence-corrected chi connectivity index (χ4v) is 5.54. The molecule has 1 aromatic carbocycles. The lowest BCUT2D eigenvalue weighted by atomic mass is 9.63. The van der Waals surface area contributed by atoms with Crippen molar-refractivity contribution in [1.82, 2.24) is 4.90 Å². The number of nitrogens with zero attached hydrogens (tertiary/aromatic N) is 1. The van der Waals surface area contributed by atoms with Crippen LogP contribution in [0.4, 0.5) is 0 Å². The number of carbonyl (C=O) groups excluding carboxylic acids is 2. The Kier molecular flexibility index (Phi) is 5.39. The van der Waals surface area contributed by atoms with Gasteiger partial charge in [0.05, 0.1) is 6.61 Å². The summed E-state index contributed by atoms with van der Waals surface area (Å²) in [7, 11) is 2.05. The second kappa shape index (κ2) is 7.65. The maximum atomic E-state index is 13.5. The van der Waals surface area contributed by atoms with E-state index in [1.54, 1.807) is 0 Å². The van der Waals surface area contributed by atoms with E-state index in [0.29, 0.717) is 19.4 Å². The molecule has 0 unspecified atom stereocenters. The van der Waals surface area contributed by atoms with Gasteiger partial charge in [-0.2, -0.15) is 0 Å². The van der Waals surface area contributed by atoms with Crippen molar-refractivity contribution in [2.45, 2.75) is 72.6 Å². The number of allylic oxidation sites excluding steroid dienone is 4. The summed E-state index contributed by atoms with van der Waals surface area (Å²) in [6.45, 7) is 11.3. The predicted octanol–water partition coefficient (Wildman–Crippen LogP) is 5.79. The normalized spacial score (nSPS) is 23.1. The van der Waals surface area contributed by atoms with Crippen LogP contribution in [0.15, 0.2) is 46.8 Å². The van der Waals surface area contributed by atoms with E-state index in [1.165, 1.54) is 0 Å². The number of hydrogen-bond acceptors (Lipinski definition) is 4. The summed E-state index contributed by atoms with van der Waals surface area (Å²) >= 11 is 0. The summed E-state index contributed by atoms with van der Waals surface area (Å²) in [4.78, 5) is 29.3. The Balaban J connectivity index is 1.96. The third-order valence-electron chi connectivity index (χ3n) is 6.87. The summed E-state index contributed by atoms with van der Waals surface area (Å²) in [6, 6.07) is 7.96. The first-order valence-electron chi connectivity index (χ1n) is 11.5. The van der Waals surface area contributed by atoms with Crippen LogP contribution >= 0.6 is 0 Å². The van der Waals surface area contributed by atoms with E-state index in [-0.39, 0.29) is 28.3 Å². The van der Waals surface area contributed by atoms with Gasteiger partial charge in [0, 0.05) is 53.9 Å². The van der Waals surface area contributed by atoms with E-state index in [2.05, 4.69) is 39.5 Å². The molecule has 1 heterocycles. The van der Waals surface area contributed by atoms with Gasteiger partial charge in [-0.05, 0) is 36.2 Å². The molecule has 2 aliphatic carbocycles. The average Bonchev–Trinajstić information content (AvgIpc) is 2.67. The van der Waals surface area contributed by atoms with E-state index in [9.17, 15) is 9.59 Å². The number of hydrogen-bond donors (Lipinski definition) is 0. The van der Waals surface area contributed by atoms with Gasteiger partial charge in [-0.3, -0.25) is 9.59 Å². The number of benzene rings is 1. The minimum absolute atomic E-state index is 0.0841. The molecular formula is C27H35NO3. The quantitative estimate of drug-likeness (QED) is 0.617. The van der Waals surface area contributed by atoms with Crippen molar-refractivity contribution in [2.75, 3.05) is 13.7 Å². The van der Waals surface area contributed by atoms with Crippen molar-refractivity contribution in [2.24, 2.45) is 10.8 Å². The Morgan fingerprint density at radius 2 is 1.42 bits per heavy atom. The lowest BCUT2D eigenvalue weighted by molar-refractivity contribution is -0.119. The number of Topliss-reactive ketones (excluding diaryl/α,β-unsaturated/α-hetero) is 2. The highest BCUT2D eigenvalue weighted by atomic mass is 16.5. The predicted molar refractivity (Wildman–Crippen MR) is 123 cm³/mol. The van der Waals surface area contributed by atoms with Crippen LogP contribution in [0.2, 0.25) is 0 Å². The fourth-order valence-electron chi connectivity index (χ4n) is 5.54. The van der Waals surface area contributed by atoms with Crippen molar-refractivity contribution < 1.29 is 14.3 Å². The fraction of sp³-hybridized carbons (Fsp3) is 0.556. The molecule has 166 valence electrons. The SMILES string of the molecule is CCCOc1ccccc1C1C2=C(CC(C)(C)CC2=O)N(C)C2=C1C(=O)CC(C)(C)C2. The van der Waals surface area contributed by atoms with Crippen LogP contribution in [0, 0.1) is 10.8 Å². The molecule has 0 N–H and O–H groups in total. The van der Waals surface area contributed by atoms with Gasteiger partial charge in [-0.15, -0.1) is 0 Å². The van der Waals surface area contributed by atoms with Crippen molar-refractivity contribution in [3.63, 3.8) is 0 Å². The van der Waals surface area contributed by atoms with Gasteiger partial charge in [0.15, 0.2) is 11.6 Å². The minimum Gasteiger partial charge on any atom is -0.493 e. The summed E-state index contributed by atoms with van der Waals surface area (Å²) in [5.41, 5.74) is 4.56. The Morgan fingerprint density at radius 3 is 1.94 bits per heavy atom. The Morgan fingerprint density at radius 1 is 0.903 bits per heavy atom. The molecule has 0 aromatic heterocycles.